The second-order valence-electron chi connectivity index (χ2n) is 3.69. The molecular formula is C11H9ClF2N2O2. The molecule has 0 atom stereocenters. The van der Waals surface area contributed by atoms with Crippen molar-refractivity contribution in [2.45, 2.75) is 5.92 Å². The Hall–Kier alpha value is -1.69. The number of benzene rings is 1. The molecule has 1 heterocycles. The highest BCUT2D eigenvalue weighted by Crippen LogP contribution is 2.31. The zero-order chi connectivity index (χ0) is 13.5. The Morgan fingerprint density at radius 2 is 2.17 bits per heavy atom. The van der Waals surface area contributed by atoms with Gasteiger partial charge in [-0.05, 0) is 18.2 Å². The molecule has 18 heavy (non-hydrogen) atoms. The van der Waals surface area contributed by atoms with Crippen molar-refractivity contribution in [1.82, 2.24) is 9.55 Å². The summed E-state index contributed by atoms with van der Waals surface area (Å²) in [6, 6.07) is 4.57. The topological polar surface area (TPSA) is 44.1 Å². The predicted molar refractivity (Wildman–Crippen MR) is 61.6 cm³/mol. The van der Waals surface area contributed by atoms with Gasteiger partial charge in [0.1, 0.15) is 0 Å². The molecule has 4 nitrogen and oxygen atoms in total. The number of hydrogen-bond donors (Lipinski definition) is 0. The quantitative estimate of drug-likeness (QED) is 0.790. The average molecular weight is 275 g/mol. The molecule has 2 rings (SSSR count). The van der Waals surface area contributed by atoms with Gasteiger partial charge in [-0.3, -0.25) is 0 Å². The number of aromatic nitrogens is 2. The molecule has 0 unspecified atom stereocenters. The van der Waals surface area contributed by atoms with Crippen molar-refractivity contribution in [3.63, 3.8) is 0 Å². The number of nitrogens with zero attached hydrogens (tertiary/aromatic N) is 2. The average Bonchev–Trinajstić information content (AvgIpc) is 2.65. The number of ether oxygens (including phenoxy) is 1. The van der Waals surface area contributed by atoms with Gasteiger partial charge in [-0.1, -0.05) is 11.6 Å². The summed E-state index contributed by atoms with van der Waals surface area (Å²) < 4.78 is 32.7. The van der Waals surface area contributed by atoms with E-state index in [4.69, 9.17) is 11.6 Å². The molecule has 0 fully saturated rings. The van der Waals surface area contributed by atoms with Gasteiger partial charge in [-0.2, -0.15) is 8.78 Å². The highest BCUT2D eigenvalue weighted by Gasteiger charge is 2.46. The number of halogens is 3. The zero-order valence-corrected chi connectivity index (χ0v) is 10.3. The van der Waals surface area contributed by atoms with Crippen LogP contribution in [0.4, 0.5) is 8.78 Å². The first-order valence-electron chi connectivity index (χ1n) is 4.96. The molecule has 0 bridgehead atoms. The third kappa shape index (κ3) is 1.82. The predicted octanol–water partition coefficient (Wildman–Crippen LogP) is 2.49. The number of alkyl halides is 2. The van der Waals surface area contributed by atoms with E-state index >= 15 is 0 Å². The van der Waals surface area contributed by atoms with Crippen LogP contribution >= 0.6 is 11.6 Å². The summed E-state index contributed by atoms with van der Waals surface area (Å²) in [6.07, 6.45) is 0. The van der Waals surface area contributed by atoms with E-state index in [2.05, 4.69) is 9.72 Å². The van der Waals surface area contributed by atoms with Gasteiger partial charge in [0.25, 0.3) is 0 Å². The summed E-state index contributed by atoms with van der Waals surface area (Å²) in [4.78, 5) is 14.8. The molecule has 0 N–H and O–H groups in total. The van der Waals surface area contributed by atoms with Gasteiger partial charge in [-0.15, -0.1) is 0 Å². The van der Waals surface area contributed by atoms with E-state index in [0.717, 1.165) is 11.7 Å². The Morgan fingerprint density at radius 3 is 2.78 bits per heavy atom. The maximum atomic E-state index is 13.8. The molecule has 0 aliphatic rings. The van der Waals surface area contributed by atoms with E-state index < -0.39 is 17.7 Å². The third-order valence-corrected chi connectivity index (χ3v) is 2.80. The van der Waals surface area contributed by atoms with Crippen molar-refractivity contribution in [1.29, 1.82) is 0 Å². The van der Waals surface area contributed by atoms with E-state index in [-0.39, 0.29) is 0 Å². The monoisotopic (exact) mass is 274 g/mol. The lowest BCUT2D eigenvalue weighted by Crippen LogP contribution is -2.30. The molecule has 0 spiro atoms. The minimum absolute atomic E-state index is 0.295. The van der Waals surface area contributed by atoms with Crippen LogP contribution in [0.1, 0.15) is 5.82 Å². The van der Waals surface area contributed by atoms with Gasteiger partial charge in [0.15, 0.2) is 5.82 Å². The number of hydrogen-bond acceptors (Lipinski definition) is 3. The van der Waals surface area contributed by atoms with Gasteiger partial charge in [0.2, 0.25) is 0 Å². The molecule has 2 aromatic rings. The number of esters is 1. The highest BCUT2D eigenvalue weighted by molar-refractivity contribution is 6.31. The van der Waals surface area contributed by atoms with Crippen molar-refractivity contribution in [2.75, 3.05) is 7.11 Å². The van der Waals surface area contributed by atoms with Crippen molar-refractivity contribution < 1.29 is 18.3 Å². The van der Waals surface area contributed by atoms with Crippen molar-refractivity contribution >= 4 is 28.6 Å². The second-order valence-corrected chi connectivity index (χ2v) is 4.13. The standard InChI is InChI=1S/C11H9ClF2N2O2/c1-16-8-4-3-6(12)5-7(8)15-9(16)11(13,14)10(17)18-2/h3-5H,1-2H3. The second kappa shape index (κ2) is 4.20. The maximum Gasteiger partial charge on any atom is 0.399 e. The Kier molecular flexibility index (Phi) is 2.98. The molecule has 1 aromatic heterocycles. The number of methoxy groups -OCH3 is 1. The first kappa shape index (κ1) is 12.8. The summed E-state index contributed by atoms with van der Waals surface area (Å²) in [5.41, 5.74) is 0.751. The number of carbonyl (C=O) groups is 1. The van der Waals surface area contributed by atoms with Crippen molar-refractivity contribution in [2.24, 2.45) is 7.05 Å². The van der Waals surface area contributed by atoms with Gasteiger partial charge < -0.3 is 9.30 Å². The van der Waals surface area contributed by atoms with Crippen LogP contribution in [0.3, 0.4) is 0 Å². The van der Waals surface area contributed by atoms with Gasteiger partial charge in [0.05, 0.1) is 18.1 Å². The summed E-state index contributed by atoms with van der Waals surface area (Å²) >= 11 is 5.76. The number of rotatable bonds is 2. The molecule has 0 aliphatic heterocycles. The van der Waals surface area contributed by atoms with Crippen LogP contribution in [-0.2, 0) is 22.5 Å². The number of carbonyl (C=O) groups excluding carboxylic acids is 1. The molecule has 0 saturated heterocycles. The van der Waals surface area contributed by atoms with Crippen LogP contribution < -0.4 is 0 Å². The Bertz CT molecular complexity index is 625. The summed E-state index contributed by atoms with van der Waals surface area (Å²) in [6.45, 7) is 0. The number of fused-ring (bicyclic) bond motifs is 1. The van der Waals surface area contributed by atoms with Crippen LogP contribution in [0, 0.1) is 0 Å². The third-order valence-electron chi connectivity index (χ3n) is 2.57. The fourth-order valence-corrected chi connectivity index (χ4v) is 1.84. The Morgan fingerprint density at radius 1 is 1.50 bits per heavy atom. The van der Waals surface area contributed by atoms with Crippen LogP contribution in [0.25, 0.3) is 11.0 Å². The van der Waals surface area contributed by atoms with E-state index in [1.54, 1.807) is 12.1 Å². The summed E-state index contributed by atoms with van der Waals surface area (Å²) in [5.74, 6) is -6.12. The van der Waals surface area contributed by atoms with Crippen molar-refractivity contribution in [3.8, 4) is 0 Å². The molecule has 0 aliphatic carbocycles. The highest BCUT2D eigenvalue weighted by atomic mass is 35.5. The molecule has 0 radical (unpaired) electrons. The van der Waals surface area contributed by atoms with Crippen LogP contribution in [-0.4, -0.2) is 22.6 Å². The van der Waals surface area contributed by atoms with E-state index in [9.17, 15) is 13.6 Å². The zero-order valence-electron chi connectivity index (χ0n) is 9.58. The lowest BCUT2D eigenvalue weighted by atomic mass is 10.3. The molecule has 1 aromatic carbocycles. The summed E-state index contributed by atoms with van der Waals surface area (Å²) in [7, 11) is 2.30. The number of imidazole rings is 1. The molecule has 0 saturated carbocycles. The molecular weight excluding hydrogens is 266 g/mol. The van der Waals surface area contributed by atoms with Crippen LogP contribution in [0.15, 0.2) is 18.2 Å². The van der Waals surface area contributed by atoms with Crippen LogP contribution in [0.5, 0.6) is 0 Å². The molecule has 0 amide bonds. The fraction of sp³-hybridized carbons (Fsp3) is 0.273. The maximum absolute atomic E-state index is 13.8. The largest absolute Gasteiger partial charge is 0.464 e. The van der Waals surface area contributed by atoms with E-state index in [1.807, 2.05) is 0 Å². The van der Waals surface area contributed by atoms with E-state index in [1.165, 1.54) is 13.1 Å². The Balaban J connectivity index is 2.65. The lowest BCUT2D eigenvalue weighted by molar-refractivity contribution is -0.171. The normalized spacial score (nSPS) is 11.8. The molecule has 7 heteroatoms. The summed E-state index contributed by atoms with van der Waals surface area (Å²) in [5, 5.41) is 0.383. The minimum Gasteiger partial charge on any atom is -0.464 e. The van der Waals surface area contributed by atoms with Crippen molar-refractivity contribution in [3.05, 3.63) is 29.0 Å². The molecule has 96 valence electrons. The SMILES string of the molecule is COC(=O)C(F)(F)c1nc2cc(Cl)ccc2n1C. The smallest absolute Gasteiger partial charge is 0.399 e. The minimum atomic E-state index is -3.80. The van der Waals surface area contributed by atoms with Gasteiger partial charge >= 0.3 is 11.9 Å². The van der Waals surface area contributed by atoms with Gasteiger partial charge in [0, 0.05) is 12.1 Å². The van der Waals surface area contributed by atoms with E-state index in [0.29, 0.717) is 16.1 Å². The first-order chi connectivity index (χ1) is 8.37. The number of aryl methyl sites for hydroxylation is 1. The fourth-order valence-electron chi connectivity index (χ4n) is 1.67. The Labute approximate surface area is 106 Å². The van der Waals surface area contributed by atoms with Gasteiger partial charge in [-0.25, -0.2) is 9.78 Å². The van der Waals surface area contributed by atoms with Crippen LogP contribution in [0.2, 0.25) is 5.02 Å². The lowest BCUT2D eigenvalue weighted by Gasteiger charge is -2.12. The first-order valence-corrected chi connectivity index (χ1v) is 5.34.